The van der Waals surface area contributed by atoms with Crippen LogP contribution in [0.1, 0.15) is 10.6 Å². The van der Waals surface area contributed by atoms with Crippen molar-refractivity contribution in [2.75, 3.05) is 13.1 Å². The number of hydrogen-bond acceptors (Lipinski definition) is 5. The van der Waals surface area contributed by atoms with Gasteiger partial charge in [0, 0.05) is 23.7 Å². The molecule has 0 N–H and O–H groups in total. The van der Waals surface area contributed by atoms with Gasteiger partial charge in [-0.2, -0.15) is 4.31 Å². The van der Waals surface area contributed by atoms with E-state index in [2.05, 4.69) is 0 Å². The summed E-state index contributed by atoms with van der Waals surface area (Å²) in [6.45, 7) is 4.30. The lowest BCUT2D eigenvalue weighted by Crippen LogP contribution is -2.55. The minimum absolute atomic E-state index is 0.141. The van der Waals surface area contributed by atoms with Crippen molar-refractivity contribution in [3.05, 3.63) is 45.2 Å². The Hall–Kier alpha value is -1.64. The van der Waals surface area contributed by atoms with E-state index in [4.69, 9.17) is 4.74 Å². The van der Waals surface area contributed by atoms with Crippen LogP contribution < -0.4 is 10.3 Å². The summed E-state index contributed by atoms with van der Waals surface area (Å²) in [7, 11) is -1.73. The van der Waals surface area contributed by atoms with Crippen molar-refractivity contribution in [2.45, 2.75) is 24.2 Å². The zero-order valence-corrected chi connectivity index (χ0v) is 14.8. The van der Waals surface area contributed by atoms with E-state index in [-0.39, 0.29) is 11.7 Å². The zero-order chi connectivity index (χ0) is 16.8. The molecule has 0 amide bonds. The number of pyridine rings is 1. The number of sulfonamides is 1. The predicted molar refractivity (Wildman–Crippen MR) is 88.7 cm³/mol. The Balaban J connectivity index is 1.67. The van der Waals surface area contributed by atoms with Crippen molar-refractivity contribution in [3.8, 4) is 5.75 Å². The van der Waals surface area contributed by atoms with Crippen LogP contribution in [0.25, 0.3) is 0 Å². The van der Waals surface area contributed by atoms with E-state index in [9.17, 15) is 13.2 Å². The van der Waals surface area contributed by atoms with E-state index >= 15 is 0 Å². The molecule has 8 heteroatoms. The Kier molecular flexibility index (Phi) is 4.07. The van der Waals surface area contributed by atoms with Gasteiger partial charge in [0.25, 0.3) is 15.6 Å². The van der Waals surface area contributed by atoms with E-state index < -0.39 is 10.0 Å². The molecule has 6 nitrogen and oxygen atoms in total. The maximum atomic E-state index is 12.4. The maximum Gasteiger partial charge on any atom is 0.254 e. The molecule has 1 aliphatic rings. The van der Waals surface area contributed by atoms with Gasteiger partial charge >= 0.3 is 0 Å². The third-order valence-electron chi connectivity index (χ3n) is 3.90. The fraction of sp³-hybridized carbons (Fsp3) is 0.400. The number of hydrogen-bond donors (Lipinski definition) is 0. The van der Waals surface area contributed by atoms with Crippen LogP contribution in [0.2, 0.25) is 0 Å². The first-order chi connectivity index (χ1) is 10.8. The van der Waals surface area contributed by atoms with Gasteiger partial charge in [0.15, 0.2) is 0 Å². The second kappa shape index (κ2) is 5.77. The summed E-state index contributed by atoms with van der Waals surface area (Å²) in [6.07, 6.45) is -0.225. The number of thiophene rings is 1. The molecule has 0 atom stereocenters. The van der Waals surface area contributed by atoms with Crippen LogP contribution in [-0.4, -0.2) is 36.5 Å². The molecule has 1 fully saturated rings. The Labute approximate surface area is 139 Å². The van der Waals surface area contributed by atoms with E-state index in [0.717, 1.165) is 10.6 Å². The molecule has 124 valence electrons. The molecule has 3 rings (SSSR count). The standard InChI is InChI=1S/C15H18N2O4S2/c1-10-6-12(7-14(18)16(10)3)21-13-8-17(9-13)23(19,20)15-5-4-11(2)22-15/h4-7,13H,8-9H2,1-3H3. The molecule has 0 aliphatic carbocycles. The molecule has 0 spiro atoms. The topological polar surface area (TPSA) is 68.6 Å². The number of aryl methyl sites for hydroxylation is 2. The smallest absolute Gasteiger partial charge is 0.254 e. The Morgan fingerprint density at radius 3 is 2.48 bits per heavy atom. The molecule has 0 saturated carbocycles. The first-order valence-electron chi connectivity index (χ1n) is 7.18. The molecule has 3 heterocycles. The van der Waals surface area contributed by atoms with Crippen LogP contribution >= 0.6 is 11.3 Å². The Morgan fingerprint density at radius 1 is 1.22 bits per heavy atom. The summed E-state index contributed by atoms with van der Waals surface area (Å²) in [5.41, 5.74) is 0.656. The molecule has 0 radical (unpaired) electrons. The highest BCUT2D eigenvalue weighted by Crippen LogP contribution is 2.28. The van der Waals surface area contributed by atoms with Crippen LogP contribution in [0, 0.1) is 13.8 Å². The number of ether oxygens (including phenoxy) is 1. The second-order valence-electron chi connectivity index (χ2n) is 5.66. The van der Waals surface area contributed by atoms with Gasteiger partial charge in [-0.1, -0.05) is 0 Å². The van der Waals surface area contributed by atoms with Crippen LogP contribution in [0.3, 0.4) is 0 Å². The van der Waals surface area contributed by atoms with Gasteiger partial charge in [-0.3, -0.25) is 4.79 Å². The van der Waals surface area contributed by atoms with Crippen LogP contribution in [0.4, 0.5) is 0 Å². The lowest BCUT2D eigenvalue weighted by Gasteiger charge is -2.37. The highest BCUT2D eigenvalue weighted by molar-refractivity contribution is 7.91. The van der Waals surface area contributed by atoms with Gasteiger partial charge < -0.3 is 9.30 Å². The predicted octanol–water partition coefficient (Wildman–Crippen LogP) is 1.52. The van der Waals surface area contributed by atoms with Crippen molar-refractivity contribution >= 4 is 21.4 Å². The molecule has 23 heavy (non-hydrogen) atoms. The molecule has 1 aliphatic heterocycles. The minimum Gasteiger partial charge on any atom is -0.487 e. The van der Waals surface area contributed by atoms with Crippen LogP contribution in [0.15, 0.2) is 33.3 Å². The first kappa shape index (κ1) is 16.2. The molecule has 1 saturated heterocycles. The minimum atomic E-state index is -3.42. The third-order valence-corrected chi connectivity index (χ3v) is 7.20. The van der Waals surface area contributed by atoms with E-state index in [1.165, 1.54) is 26.3 Å². The normalized spacial score (nSPS) is 16.3. The van der Waals surface area contributed by atoms with Crippen molar-refractivity contribution in [2.24, 2.45) is 7.05 Å². The van der Waals surface area contributed by atoms with Gasteiger partial charge in [-0.25, -0.2) is 8.42 Å². The Bertz CT molecular complexity index is 892. The van der Waals surface area contributed by atoms with E-state index in [1.807, 2.05) is 13.8 Å². The fourth-order valence-corrected chi connectivity index (χ4v) is 5.29. The second-order valence-corrected chi connectivity index (χ2v) is 9.11. The Morgan fingerprint density at radius 2 is 1.91 bits per heavy atom. The summed E-state index contributed by atoms with van der Waals surface area (Å²) >= 11 is 1.27. The van der Waals surface area contributed by atoms with Crippen molar-refractivity contribution in [1.29, 1.82) is 0 Å². The third kappa shape index (κ3) is 3.06. The summed E-state index contributed by atoms with van der Waals surface area (Å²) in [4.78, 5) is 12.7. The maximum absolute atomic E-state index is 12.4. The average molecular weight is 354 g/mol. The quantitative estimate of drug-likeness (QED) is 0.835. The molecule has 0 unspecified atom stereocenters. The summed E-state index contributed by atoms with van der Waals surface area (Å²) < 4.78 is 33.8. The number of aromatic nitrogens is 1. The van der Waals surface area contributed by atoms with Crippen molar-refractivity contribution in [3.63, 3.8) is 0 Å². The zero-order valence-electron chi connectivity index (χ0n) is 13.1. The van der Waals surface area contributed by atoms with Crippen molar-refractivity contribution in [1.82, 2.24) is 8.87 Å². The lowest BCUT2D eigenvalue weighted by atomic mass is 10.2. The molecule has 0 aromatic carbocycles. The summed E-state index contributed by atoms with van der Waals surface area (Å²) in [5, 5.41) is 0. The van der Waals surface area contributed by atoms with Gasteiger partial charge in [-0.15, -0.1) is 11.3 Å². The molecular formula is C15H18N2O4S2. The highest BCUT2D eigenvalue weighted by Gasteiger charge is 2.38. The van der Waals surface area contributed by atoms with Crippen LogP contribution in [0.5, 0.6) is 5.75 Å². The van der Waals surface area contributed by atoms with Gasteiger partial charge in [-0.05, 0) is 32.0 Å². The average Bonchev–Trinajstić information content (AvgIpc) is 2.86. The highest BCUT2D eigenvalue weighted by atomic mass is 32.2. The van der Waals surface area contributed by atoms with E-state index in [1.54, 1.807) is 25.2 Å². The van der Waals surface area contributed by atoms with E-state index in [0.29, 0.717) is 23.0 Å². The molecule has 2 aromatic heterocycles. The SMILES string of the molecule is Cc1ccc(S(=O)(=O)N2CC(Oc3cc(C)n(C)c(=O)c3)C2)s1. The molecular weight excluding hydrogens is 336 g/mol. The lowest BCUT2D eigenvalue weighted by molar-refractivity contribution is 0.0760. The number of rotatable bonds is 4. The fourth-order valence-electron chi connectivity index (χ4n) is 2.35. The first-order valence-corrected chi connectivity index (χ1v) is 9.44. The molecule has 2 aromatic rings. The van der Waals surface area contributed by atoms with Gasteiger partial charge in [0.2, 0.25) is 0 Å². The number of nitrogens with zero attached hydrogens (tertiary/aromatic N) is 2. The largest absolute Gasteiger partial charge is 0.487 e. The molecule has 0 bridgehead atoms. The van der Waals surface area contributed by atoms with Crippen LogP contribution in [-0.2, 0) is 17.1 Å². The van der Waals surface area contributed by atoms with Crippen molar-refractivity contribution < 1.29 is 13.2 Å². The monoisotopic (exact) mass is 354 g/mol. The van der Waals surface area contributed by atoms with Gasteiger partial charge in [0.05, 0.1) is 13.1 Å². The van der Waals surface area contributed by atoms with Gasteiger partial charge in [0.1, 0.15) is 16.1 Å². The summed E-state index contributed by atoms with van der Waals surface area (Å²) in [6, 6.07) is 6.63. The summed E-state index contributed by atoms with van der Waals surface area (Å²) in [5.74, 6) is 0.486.